The Balaban J connectivity index is 4.12. The smallest absolute Gasteiger partial charge is 0.361 e. The fourth-order valence-corrected chi connectivity index (χ4v) is 9.58. The number of carbonyl (C=O) groups is 3. The molecule has 9 heteroatoms. The van der Waals surface area contributed by atoms with Gasteiger partial charge < -0.3 is 28.5 Å². The summed E-state index contributed by atoms with van der Waals surface area (Å²) < 4.78 is 23.0. The molecule has 0 aliphatic rings. The Morgan fingerprint density at radius 1 is 0.373 bits per heavy atom. The van der Waals surface area contributed by atoms with Gasteiger partial charge in [0, 0.05) is 12.8 Å². The monoisotopic (exact) mass is 1160 g/mol. The van der Waals surface area contributed by atoms with Crippen LogP contribution in [0.4, 0.5) is 0 Å². The van der Waals surface area contributed by atoms with Gasteiger partial charge in [0.25, 0.3) is 6.29 Å². The second-order valence-electron chi connectivity index (χ2n) is 24.1. The first-order valence-corrected chi connectivity index (χ1v) is 34.4. The number of carboxylic acids is 1. The Kier molecular flexibility index (Phi) is 61.3. The molecule has 0 aromatic carbocycles. The number of allylic oxidation sites excluding steroid dienone is 16. The summed E-state index contributed by atoms with van der Waals surface area (Å²) in [6, 6.07) is 0. The van der Waals surface area contributed by atoms with Crippen molar-refractivity contribution in [3.63, 3.8) is 0 Å². The zero-order valence-electron chi connectivity index (χ0n) is 54.6. The molecular formula is C74H130NO8+. The third kappa shape index (κ3) is 65.6. The van der Waals surface area contributed by atoms with E-state index in [1.54, 1.807) is 0 Å². The van der Waals surface area contributed by atoms with E-state index >= 15 is 0 Å². The van der Waals surface area contributed by atoms with E-state index in [0.717, 1.165) is 89.9 Å². The van der Waals surface area contributed by atoms with Gasteiger partial charge in [-0.15, -0.1) is 0 Å². The van der Waals surface area contributed by atoms with E-state index in [1.165, 1.54) is 173 Å². The minimum absolute atomic E-state index is 0.183. The van der Waals surface area contributed by atoms with Crippen LogP contribution >= 0.6 is 0 Å². The van der Waals surface area contributed by atoms with Crippen molar-refractivity contribution in [2.24, 2.45) is 0 Å². The summed E-state index contributed by atoms with van der Waals surface area (Å²) in [6.07, 6.45) is 85.1. The molecule has 0 aromatic heterocycles. The van der Waals surface area contributed by atoms with Crippen LogP contribution in [0.3, 0.4) is 0 Å². The Labute approximate surface area is 512 Å². The maximum absolute atomic E-state index is 12.9. The predicted molar refractivity (Wildman–Crippen MR) is 355 cm³/mol. The third-order valence-corrected chi connectivity index (χ3v) is 14.8. The highest BCUT2D eigenvalue weighted by atomic mass is 16.7. The van der Waals surface area contributed by atoms with Crippen molar-refractivity contribution in [3.8, 4) is 0 Å². The SMILES string of the molecule is CC/C=C\C/C=C\C/C=C\C/C=C\C/C=C\CCCCCCCCCCCC(=O)OC(COC(=O)CCCCCCCCCCCCCCCCCCCC/C=C\C/C=C\C/C=C\CCCCCCC)COC(OCC[N+](C)(C)C)C(=O)O. The van der Waals surface area contributed by atoms with E-state index in [2.05, 4.69) is 111 Å². The predicted octanol–water partition coefficient (Wildman–Crippen LogP) is 21.2. The molecule has 0 aliphatic heterocycles. The maximum atomic E-state index is 12.9. The van der Waals surface area contributed by atoms with Crippen LogP contribution in [0.1, 0.15) is 296 Å². The molecule has 0 heterocycles. The number of carboxylic acid groups (broad SMARTS) is 1. The quantitative estimate of drug-likeness (QED) is 0.0211. The molecule has 0 aromatic rings. The average Bonchev–Trinajstić information content (AvgIpc) is 3.46. The van der Waals surface area contributed by atoms with E-state index in [0.29, 0.717) is 23.9 Å². The van der Waals surface area contributed by atoms with Crippen LogP contribution in [0, 0.1) is 0 Å². The van der Waals surface area contributed by atoms with Crippen LogP contribution in [-0.2, 0) is 33.3 Å². The number of quaternary nitrogens is 1. The van der Waals surface area contributed by atoms with Crippen molar-refractivity contribution >= 4 is 17.9 Å². The highest BCUT2D eigenvalue weighted by molar-refractivity contribution is 5.71. The van der Waals surface area contributed by atoms with Crippen molar-refractivity contribution in [2.45, 2.75) is 309 Å². The Hall–Kier alpha value is -3.79. The fraction of sp³-hybridized carbons (Fsp3) is 0.743. The van der Waals surface area contributed by atoms with Gasteiger partial charge in [0.05, 0.1) is 34.4 Å². The second-order valence-corrected chi connectivity index (χ2v) is 24.1. The van der Waals surface area contributed by atoms with E-state index in [9.17, 15) is 19.5 Å². The summed E-state index contributed by atoms with van der Waals surface area (Å²) in [5.41, 5.74) is 0. The number of likely N-dealkylation sites (N-methyl/N-ethyl adjacent to an activating group) is 1. The minimum atomic E-state index is -1.52. The highest BCUT2D eigenvalue weighted by Crippen LogP contribution is 2.17. The molecular weight excluding hydrogens is 1030 g/mol. The van der Waals surface area contributed by atoms with Gasteiger partial charge >= 0.3 is 17.9 Å². The van der Waals surface area contributed by atoms with Gasteiger partial charge in [0.1, 0.15) is 13.2 Å². The highest BCUT2D eigenvalue weighted by Gasteiger charge is 2.25. The first kappa shape index (κ1) is 79.2. The lowest BCUT2D eigenvalue weighted by molar-refractivity contribution is -0.870. The molecule has 0 fully saturated rings. The number of hydrogen-bond acceptors (Lipinski definition) is 7. The van der Waals surface area contributed by atoms with Crippen molar-refractivity contribution in [1.29, 1.82) is 0 Å². The lowest BCUT2D eigenvalue weighted by Gasteiger charge is -2.25. The van der Waals surface area contributed by atoms with Crippen LogP contribution < -0.4 is 0 Å². The number of aliphatic carboxylic acids is 1. The fourth-order valence-electron chi connectivity index (χ4n) is 9.58. The number of esters is 2. The lowest BCUT2D eigenvalue weighted by Crippen LogP contribution is -2.40. The Morgan fingerprint density at radius 3 is 1.02 bits per heavy atom. The second kappa shape index (κ2) is 64.2. The zero-order chi connectivity index (χ0) is 60.5. The van der Waals surface area contributed by atoms with Crippen LogP contribution in [0.15, 0.2) is 97.2 Å². The molecule has 0 saturated carbocycles. The number of carbonyl (C=O) groups excluding carboxylic acids is 2. The molecule has 478 valence electrons. The molecule has 2 unspecified atom stereocenters. The van der Waals surface area contributed by atoms with Crippen molar-refractivity contribution in [3.05, 3.63) is 97.2 Å². The van der Waals surface area contributed by atoms with E-state index in [4.69, 9.17) is 18.9 Å². The van der Waals surface area contributed by atoms with Gasteiger partial charge in [0.2, 0.25) is 0 Å². The molecule has 0 radical (unpaired) electrons. The van der Waals surface area contributed by atoms with E-state index in [-0.39, 0.29) is 32.2 Å². The molecule has 0 spiro atoms. The van der Waals surface area contributed by atoms with Crippen LogP contribution in [0.25, 0.3) is 0 Å². The molecule has 0 bridgehead atoms. The van der Waals surface area contributed by atoms with Gasteiger partial charge in [0.15, 0.2) is 6.10 Å². The van der Waals surface area contributed by atoms with E-state index < -0.39 is 24.3 Å². The van der Waals surface area contributed by atoms with Crippen molar-refractivity contribution in [2.75, 3.05) is 47.5 Å². The number of hydrogen-bond donors (Lipinski definition) is 1. The summed E-state index contributed by atoms with van der Waals surface area (Å²) >= 11 is 0. The van der Waals surface area contributed by atoms with Crippen molar-refractivity contribution < 1.29 is 42.9 Å². The summed E-state index contributed by atoms with van der Waals surface area (Å²) in [4.78, 5) is 37.6. The van der Waals surface area contributed by atoms with Gasteiger partial charge in [-0.25, -0.2) is 4.79 Å². The topological polar surface area (TPSA) is 108 Å². The largest absolute Gasteiger partial charge is 0.477 e. The maximum Gasteiger partial charge on any atom is 0.361 e. The van der Waals surface area contributed by atoms with E-state index in [1.807, 2.05) is 21.1 Å². The molecule has 0 amide bonds. The van der Waals surface area contributed by atoms with Gasteiger partial charge in [-0.2, -0.15) is 0 Å². The minimum Gasteiger partial charge on any atom is -0.477 e. The molecule has 1 N–H and O–H groups in total. The summed E-state index contributed by atoms with van der Waals surface area (Å²) in [5, 5.41) is 9.74. The van der Waals surface area contributed by atoms with Crippen LogP contribution in [0.2, 0.25) is 0 Å². The van der Waals surface area contributed by atoms with Gasteiger partial charge in [-0.3, -0.25) is 9.59 Å². The molecule has 9 nitrogen and oxygen atoms in total. The van der Waals surface area contributed by atoms with Crippen molar-refractivity contribution in [1.82, 2.24) is 0 Å². The Bertz CT molecular complexity index is 1680. The average molecular weight is 1160 g/mol. The molecule has 0 aliphatic carbocycles. The van der Waals surface area contributed by atoms with Gasteiger partial charge in [-0.05, 0) is 96.3 Å². The summed E-state index contributed by atoms with van der Waals surface area (Å²) in [7, 11) is 5.97. The van der Waals surface area contributed by atoms with Crippen LogP contribution in [-0.4, -0.2) is 87.4 Å². The van der Waals surface area contributed by atoms with Crippen LogP contribution in [0.5, 0.6) is 0 Å². The molecule has 0 saturated heterocycles. The lowest BCUT2D eigenvalue weighted by atomic mass is 10.0. The van der Waals surface area contributed by atoms with Gasteiger partial charge in [-0.1, -0.05) is 284 Å². The third-order valence-electron chi connectivity index (χ3n) is 14.8. The first-order valence-electron chi connectivity index (χ1n) is 34.4. The standard InChI is InChI=1S/C74H129NO8/c1-6-8-10-12-14-16-18-20-22-24-26-28-30-32-33-34-35-36-37-38-39-41-42-44-46-48-50-52-54-56-58-60-62-64-71(76)81-68-70(69-82-74(73(78)79)80-67-66-75(3,4)5)83-72(77)65-63-61-59-57-55-53-51-49-47-45-43-40-31-29-27-25-23-21-19-17-15-13-11-9-7-2/h9,11,15,17-18,20-21,23-24,26-27,29-30,32,40,43,70,74H,6-8,10,12-14,16,19,22,25,28,31,33-39,41-42,44-69H2,1-5H3/p+1/b11-9-,17-15-,20-18-,23-21-,26-24-,29-27-,32-30-,43-40-. The Morgan fingerprint density at radius 2 is 0.687 bits per heavy atom. The normalized spacial score (nSPS) is 13.3. The number of unbranched alkanes of at least 4 members (excludes halogenated alkanes) is 32. The molecule has 0 rings (SSSR count). The number of rotatable bonds is 63. The molecule has 83 heavy (non-hydrogen) atoms. The summed E-state index contributed by atoms with van der Waals surface area (Å²) in [6.45, 7) is 4.77. The number of nitrogens with zero attached hydrogens (tertiary/aromatic N) is 1. The zero-order valence-corrected chi connectivity index (χ0v) is 54.6. The molecule has 2 atom stereocenters. The first-order chi connectivity index (χ1) is 40.6. The summed E-state index contributed by atoms with van der Waals surface area (Å²) in [5.74, 6) is -2.01. The number of ether oxygens (including phenoxy) is 4.